The van der Waals surface area contributed by atoms with Crippen LogP contribution >= 0.6 is 0 Å². The van der Waals surface area contributed by atoms with Crippen molar-refractivity contribution in [1.82, 2.24) is 14.3 Å². The molecule has 0 radical (unpaired) electrons. The lowest BCUT2D eigenvalue weighted by atomic mass is 10.00. The van der Waals surface area contributed by atoms with Gasteiger partial charge in [0.05, 0.1) is 0 Å². The van der Waals surface area contributed by atoms with Gasteiger partial charge in [-0.25, -0.2) is 0 Å². The maximum atomic E-state index is 12.3. The molecule has 106 valence electrons. The second-order valence-electron chi connectivity index (χ2n) is 5.74. The van der Waals surface area contributed by atoms with Crippen LogP contribution in [0.2, 0.25) is 0 Å². The highest BCUT2D eigenvalue weighted by Crippen LogP contribution is 2.30. The molecule has 2 unspecified atom stereocenters. The van der Waals surface area contributed by atoms with Crippen molar-refractivity contribution >= 4 is 10.2 Å². The lowest BCUT2D eigenvalue weighted by Gasteiger charge is -2.36. The molecule has 5 nitrogen and oxygen atoms in total. The summed E-state index contributed by atoms with van der Waals surface area (Å²) in [5, 5.41) is 3.55. The van der Waals surface area contributed by atoms with Crippen molar-refractivity contribution in [3.8, 4) is 0 Å². The first-order chi connectivity index (χ1) is 8.42. The van der Waals surface area contributed by atoms with Crippen LogP contribution in [0.25, 0.3) is 0 Å². The van der Waals surface area contributed by atoms with Crippen molar-refractivity contribution in [2.45, 2.75) is 70.6 Å². The first kappa shape index (κ1) is 14.2. The molecule has 2 fully saturated rings. The van der Waals surface area contributed by atoms with E-state index in [0.29, 0.717) is 18.6 Å². The Morgan fingerprint density at radius 1 is 1.28 bits per heavy atom. The average molecular weight is 275 g/mol. The molecular weight excluding hydrogens is 250 g/mol. The molecule has 0 amide bonds. The second kappa shape index (κ2) is 5.45. The van der Waals surface area contributed by atoms with Gasteiger partial charge in [-0.1, -0.05) is 6.92 Å². The molecule has 0 aromatic heterocycles. The standard InChI is InChI=1S/C12H25N3O2S/c1-4-15(18(16,17)14-9(2)3)12-7-10-5-6-11(8-12)13-10/h9-14H,4-8H2,1-3H3. The summed E-state index contributed by atoms with van der Waals surface area (Å²) in [6, 6.07) is 1.13. The lowest BCUT2D eigenvalue weighted by molar-refractivity contribution is 0.229. The molecule has 2 saturated heterocycles. The van der Waals surface area contributed by atoms with E-state index in [1.165, 1.54) is 12.8 Å². The molecular formula is C12H25N3O2S. The van der Waals surface area contributed by atoms with Crippen molar-refractivity contribution in [1.29, 1.82) is 0 Å². The van der Waals surface area contributed by atoms with Crippen LogP contribution in [0.15, 0.2) is 0 Å². The largest absolute Gasteiger partial charge is 0.311 e. The quantitative estimate of drug-likeness (QED) is 0.781. The first-order valence-electron chi connectivity index (χ1n) is 6.97. The Labute approximate surface area is 110 Å². The summed E-state index contributed by atoms with van der Waals surface area (Å²) in [4.78, 5) is 0. The molecule has 0 aromatic rings. The zero-order valence-corrected chi connectivity index (χ0v) is 12.3. The van der Waals surface area contributed by atoms with Crippen molar-refractivity contribution in [2.24, 2.45) is 0 Å². The van der Waals surface area contributed by atoms with Gasteiger partial charge >= 0.3 is 0 Å². The lowest BCUT2D eigenvalue weighted by Crippen LogP contribution is -2.53. The Morgan fingerprint density at radius 2 is 1.83 bits per heavy atom. The summed E-state index contributed by atoms with van der Waals surface area (Å²) in [6.07, 6.45) is 4.28. The van der Waals surface area contributed by atoms with Gasteiger partial charge in [-0.2, -0.15) is 17.4 Å². The van der Waals surface area contributed by atoms with Gasteiger partial charge in [0.2, 0.25) is 0 Å². The summed E-state index contributed by atoms with van der Waals surface area (Å²) < 4.78 is 28.9. The molecule has 0 spiro atoms. The summed E-state index contributed by atoms with van der Waals surface area (Å²) in [7, 11) is -3.33. The number of hydrogen-bond donors (Lipinski definition) is 2. The Bertz CT molecular complexity index is 371. The summed E-state index contributed by atoms with van der Waals surface area (Å²) in [6.45, 7) is 6.19. The molecule has 2 bridgehead atoms. The van der Waals surface area contributed by atoms with E-state index in [1.807, 2.05) is 20.8 Å². The van der Waals surface area contributed by atoms with Gasteiger partial charge in [-0.05, 0) is 39.5 Å². The minimum Gasteiger partial charge on any atom is -0.311 e. The number of hydrogen-bond acceptors (Lipinski definition) is 3. The second-order valence-corrected chi connectivity index (χ2v) is 7.40. The fourth-order valence-electron chi connectivity index (χ4n) is 3.25. The minimum atomic E-state index is -3.33. The summed E-state index contributed by atoms with van der Waals surface area (Å²) >= 11 is 0. The van der Waals surface area contributed by atoms with Crippen molar-refractivity contribution in [2.75, 3.05) is 6.54 Å². The van der Waals surface area contributed by atoms with Crippen LogP contribution in [0.5, 0.6) is 0 Å². The van der Waals surface area contributed by atoms with E-state index in [-0.39, 0.29) is 12.1 Å². The predicted octanol–water partition coefficient (Wildman–Crippen LogP) is 0.834. The van der Waals surface area contributed by atoms with E-state index in [4.69, 9.17) is 0 Å². The highest BCUT2D eigenvalue weighted by Gasteiger charge is 2.39. The van der Waals surface area contributed by atoms with E-state index in [9.17, 15) is 8.42 Å². The van der Waals surface area contributed by atoms with Crippen molar-refractivity contribution < 1.29 is 8.42 Å². The highest BCUT2D eigenvalue weighted by atomic mass is 32.2. The SMILES string of the molecule is CCN(C1CC2CCC(C1)N2)S(=O)(=O)NC(C)C. The molecule has 2 atom stereocenters. The summed E-state index contributed by atoms with van der Waals surface area (Å²) in [5.41, 5.74) is 0. The minimum absolute atomic E-state index is 0.0533. The molecule has 6 heteroatoms. The molecule has 2 aliphatic heterocycles. The van der Waals surface area contributed by atoms with E-state index in [0.717, 1.165) is 12.8 Å². The van der Waals surface area contributed by atoms with Crippen molar-refractivity contribution in [3.05, 3.63) is 0 Å². The molecule has 2 rings (SSSR count). The number of nitrogens with one attached hydrogen (secondary N) is 2. The van der Waals surface area contributed by atoms with Gasteiger partial charge in [0.1, 0.15) is 0 Å². The van der Waals surface area contributed by atoms with Crippen LogP contribution in [-0.2, 0) is 10.2 Å². The molecule has 0 aliphatic carbocycles. The summed E-state index contributed by atoms with van der Waals surface area (Å²) in [5.74, 6) is 0. The zero-order valence-electron chi connectivity index (χ0n) is 11.5. The van der Waals surface area contributed by atoms with Gasteiger partial charge in [0, 0.05) is 30.7 Å². The van der Waals surface area contributed by atoms with E-state index >= 15 is 0 Å². The average Bonchev–Trinajstić information content (AvgIpc) is 2.56. The Morgan fingerprint density at radius 3 is 2.28 bits per heavy atom. The number of rotatable bonds is 5. The van der Waals surface area contributed by atoms with E-state index in [1.54, 1.807) is 4.31 Å². The van der Waals surface area contributed by atoms with Crippen LogP contribution in [0.4, 0.5) is 0 Å². The zero-order chi connectivity index (χ0) is 13.3. The third-order valence-corrected chi connectivity index (χ3v) is 5.80. The van der Waals surface area contributed by atoms with Gasteiger partial charge in [-0.15, -0.1) is 0 Å². The maximum absolute atomic E-state index is 12.3. The van der Waals surface area contributed by atoms with Crippen LogP contribution in [0.3, 0.4) is 0 Å². The predicted molar refractivity (Wildman–Crippen MR) is 72.5 cm³/mol. The monoisotopic (exact) mass is 275 g/mol. The topological polar surface area (TPSA) is 61.4 Å². The van der Waals surface area contributed by atoms with Gasteiger partial charge in [0.15, 0.2) is 0 Å². The Balaban J connectivity index is 2.09. The smallest absolute Gasteiger partial charge is 0.279 e. The molecule has 0 aromatic carbocycles. The molecule has 0 saturated carbocycles. The third-order valence-electron chi connectivity index (χ3n) is 3.86. The number of piperidine rings is 1. The first-order valence-corrected chi connectivity index (χ1v) is 8.41. The Hall–Kier alpha value is -0.170. The third kappa shape index (κ3) is 3.04. The number of nitrogens with zero attached hydrogens (tertiary/aromatic N) is 1. The molecule has 18 heavy (non-hydrogen) atoms. The van der Waals surface area contributed by atoms with E-state index < -0.39 is 10.2 Å². The van der Waals surface area contributed by atoms with Gasteiger partial charge in [-0.3, -0.25) is 0 Å². The van der Waals surface area contributed by atoms with Crippen LogP contribution in [0.1, 0.15) is 46.5 Å². The van der Waals surface area contributed by atoms with Gasteiger partial charge < -0.3 is 5.32 Å². The van der Waals surface area contributed by atoms with Crippen LogP contribution in [-0.4, -0.2) is 43.4 Å². The normalized spacial score (nSPS) is 32.4. The van der Waals surface area contributed by atoms with E-state index in [2.05, 4.69) is 10.0 Å². The van der Waals surface area contributed by atoms with Crippen molar-refractivity contribution in [3.63, 3.8) is 0 Å². The van der Waals surface area contributed by atoms with Gasteiger partial charge in [0.25, 0.3) is 10.2 Å². The molecule has 2 N–H and O–H groups in total. The molecule has 2 heterocycles. The van der Waals surface area contributed by atoms with Crippen LogP contribution in [0, 0.1) is 0 Å². The number of fused-ring (bicyclic) bond motifs is 2. The Kier molecular flexibility index (Phi) is 4.31. The maximum Gasteiger partial charge on any atom is 0.279 e. The molecule has 2 aliphatic rings. The highest BCUT2D eigenvalue weighted by molar-refractivity contribution is 7.87. The van der Waals surface area contributed by atoms with Crippen LogP contribution < -0.4 is 10.0 Å². The fraction of sp³-hybridized carbons (Fsp3) is 1.00. The fourth-order valence-corrected chi connectivity index (χ4v) is 4.89.